The monoisotopic (exact) mass is 212 g/mol. The summed E-state index contributed by atoms with van der Waals surface area (Å²) in [6, 6.07) is 0.179. The largest absolute Gasteiger partial charge is 0.341 e. The lowest BCUT2D eigenvalue weighted by Gasteiger charge is -2.37. The second-order valence-corrected chi connectivity index (χ2v) is 5.05. The van der Waals surface area contributed by atoms with Gasteiger partial charge in [0.2, 0.25) is 5.91 Å². The molecule has 88 valence electrons. The molecule has 1 fully saturated rings. The number of carbonyl (C=O) groups is 1. The third kappa shape index (κ3) is 3.49. The normalized spacial score (nSPS) is 27.1. The first-order valence-electron chi connectivity index (χ1n) is 6.09. The van der Waals surface area contributed by atoms with Gasteiger partial charge in [0.1, 0.15) is 0 Å². The van der Waals surface area contributed by atoms with Crippen LogP contribution in [0.1, 0.15) is 40.0 Å². The first-order valence-corrected chi connectivity index (χ1v) is 6.09. The molecule has 15 heavy (non-hydrogen) atoms. The summed E-state index contributed by atoms with van der Waals surface area (Å²) in [5.41, 5.74) is 5.99. The third-order valence-electron chi connectivity index (χ3n) is 3.07. The molecule has 2 unspecified atom stereocenters. The van der Waals surface area contributed by atoms with Gasteiger partial charge >= 0.3 is 0 Å². The number of likely N-dealkylation sites (tertiary alicyclic amines) is 1. The van der Waals surface area contributed by atoms with E-state index in [1.807, 2.05) is 18.7 Å². The number of nitrogens with zero attached hydrogens (tertiary/aromatic N) is 1. The summed E-state index contributed by atoms with van der Waals surface area (Å²) in [5, 5.41) is 0. The molecule has 0 aromatic heterocycles. The standard InChI is InChI=1S/C12H24N2O/c1-4-5-10-6-11(13)8-14(7-10)12(15)9(2)3/h9-11H,4-8,13H2,1-3H3. The SMILES string of the molecule is CCCC1CC(N)CN(C(=O)C(C)C)C1. The average Bonchev–Trinajstić information content (AvgIpc) is 2.16. The number of hydrogen-bond acceptors (Lipinski definition) is 2. The van der Waals surface area contributed by atoms with Crippen LogP contribution in [0.15, 0.2) is 0 Å². The molecule has 0 saturated carbocycles. The molecular weight excluding hydrogens is 188 g/mol. The number of rotatable bonds is 3. The van der Waals surface area contributed by atoms with Gasteiger partial charge in [-0.15, -0.1) is 0 Å². The van der Waals surface area contributed by atoms with E-state index in [1.165, 1.54) is 12.8 Å². The molecule has 0 spiro atoms. The second kappa shape index (κ2) is 5.50. The van der Waals surface area contributed by atoms with Crippen LogP contribution in [0, 0.1) is 11.8 Å². The van der Waals surface area contributed by atoms with Gasteiger partial charge in [0.05, 0.1) is 0 Å². The Morgan fingerprint density at radius 3 is 2.67 bits per heavy atom. The zero-order chi connectivity index (χ0) is 11.4. The molecule has 1 rings (SSSR count). The van der Waals surface area contributed by atoms with E-state index in [0.717, 1.165) is 19.5 Å². The number of amides is 1. The highest BCUT2D eigenvalue weighted by atomic mass is 16.2. The van der Waals surface area contributed by atoms with Gasteiger partial charge in [-0.3, -0.25) is 4.79 Å². The summed E-state index contributed by atoms with van der Waals surface area (Å²) in [4.78, 5) is 13.8. The topological polar surface area (TPSA) is 46.3 Å². The minimum atomic E-state index is 0.0950. The highest BCUT2D eigenvalue weighted by Crippen LogP contribution is 2.21. The minimum absolute atomic E-state index is 0.0950. The molecule has 0 aliphatic carbocycles. The smallest absolute Gasteiger partial charge is 0.225 e. The van der Waals surface area contributed by atoms with Crippen LogP contribution in [0.3, 0.4) is 0 Å². The van der Waals surface area contributed by atoms with Crippen molar-refractivity contribution in [3.8, 4) is 0 Å². The fraction of sp³-hybridized carbons (Fsp3) is 0.917. The zero-order valence-electron chi connectivity index (χ0n) is 10.2. The Bertz CT molecular complexity index is 216. The first kappa shape index (κ1) is 12.5. The number of carbonyl (C=O) groups excluding carboxylic acids is 1. The maximum absolute atomic E-state index is 11.9. The quantitative estimate of drug-likeness (QED) is 0.772. The molecule has 0 radical (unpaired) electrons. The van der Waals surface area contributed by atoms with Gasteiger partial charge in [-0.25, -0.2) is 0 Å². The van der Waals surface area contributed by atoms with E-state index in [2.05, 4.69) is 6.92 Å². The molecular formula is C12H24N2O. The summed E-state index contributed by atoms with van der Waals surface area (Å²) >= 11 is 0. The molecule has 0 aromatic rings. The van der Waals surface area contributed by atoms with Gasteiger partial charge in [0.25, 0.3) is 0 Å². The van der Waals surface area contributed by atoms with Crippen molar-refractivity contribution in [2.45, 2.75) is 46.1 Å². The zero-order valence-corrected chi connectivity index (χ0v) is 10.2. The van der Waals surface area contributed by atoms with E-state index in [1.54, 1.807) is 0 Å². The van der Waals surface area contributed by atoms with Crippen molar-refractivity contribution in [3.63, 3.8) is 0 Å². The summed E-state index contributed by atoms with van der Waals surface area (Å²) in [7, 11) is 0. The molecule has 2 atom stereocenters. The van der Waals surface area contributed by atoms with Crippen molar-refractivity contribution >= 4 is 5.91 Å². The van der Waals surface area contributed by atoms with Crippen molar-refractivity contribution in [2.75, 3.05) is 13.1 Å². The van der Waals surface area contributed by atoms with Crippen LogP contribution in [0.4, 0.5) is 0 Å². The Morgan fingerprint density at radius 2 is 2.13 bits per heavy atom. The Balaban J connectivity index is 2.55. The predicted molar refractivity (Wildman–Crippen MR) is 62.4 cm³/mol. The van der Waals surface area contributed by atoms with Gasteiger partial charge in [0, 0.05) is 25.0 Å². The van der Waals surface area contributed by atoms with E-state index in [9.17, 15) is 4.79 Å². The highest BCUT2D eigenvalue weighted by molar-refractivity contribution is 5.78. The first-order chi connectivity index (χ1) is 7.04. The molecule has 1 heterocycles. The number of hydrogen-bond donors (Lipinski definition) is 1. The van der Waals surface area contributed by atoms with Crippen LogP contribution < -0.4 is 5.73 Å². The number of nitrogens with two attached hydrogens (primary N) is 1. The maximum Gasteiger partial charge on any atom is 0.225 e. The molecule has 0 bridgehead atoms. The van der Waals surface area contributed by atoms with Gasteiger partial charge in [-0.2, -0.15) is 0 Å². The molecule has 1 saturated heterocycles. The highest BCUT2D eigenvalue weighted by Gasteiger charge is 2.28. The van der Waals surface area contributed by atoms with E-state index >= 15 is 0 Å². The van der Waals surface area contributed by atoms with Crippen molar-refractivity contribution in [2.24, 2.45) is 17.6 Å². The molecule has 3 nitrogen and oxygen atoms in total. The lowest BCUT2D eigenvalue weighted by atomic mass is 9.90. The fourth-order valence-electron chi connectivity index (χ4n) is 2.41. The van der Waals surface area contributed by atoms with Gasteiger partial charge in [-0.05, 0) is 18.8 Å². The van der Waals surface area contributed by atoms with Crippen LogP contribution in [0.5, 0.6) is 0 Å². The summed E-state index contributed by atoms with van der Waals surface area (Å²) in [5.74, 6) is 0.963. The van der Waals surface area contributed by atoms with Gasteiger partial charge in [0.15, 0.2) is 0 Å². The van der Waals surface area contributed by atoms with Crippen LogP contribution in [-0.2, 0) is 4.79 Å². The van der Waals surface area contributed by atoms with Crippen LogP contribution in [0.2, 0.25) is 0 Å². The number of piperidine rings is 1. The van der Waals surface area contributed by atoms with Crippen LogP contribution >= 0.6 is 0 Å². The van der Waals surface area contributed by atoms with Gasteiger partial charge < -0.3 is 10.6 Å². The van der Waals surface area contributed by atoms with Crippen molar-refractivity contribution in [1.29, 1.82) is 0 Å². The van der Waals surface area contributed by atoms with E-state index < -0.39 is 0 Å². The van der Waals surface area contributed by atoms with E-state index in [4.69, 9.17) is 5.73 Å². The molecule has 1 amide bonds. The Labute approximate surface area is 93.0 Å². The molecule has 3 heteroatoms. The van der Waals surface area contributed by atoms with Crippen LogP contribution in [0.25, 0.3) is 0 Å². The van der Waals surface area contributed by atoms with Crippen LogP contribution in [-0.4, -0.2) is 29.9 Å². The lowest BCUT2D eigenvalue weighted by Crippen LogP contribution is -2.50. The Kier molecular flexibility index (Phi) is 4.58. The van der Waals surface area contributed by atoms with E-state index in [0.29, 0.717) is 5.92 Å². The van der Waals surface area contributed by atoms with E-state index in [-0.39, 0.29) is 17.9 Å². The summed E-state index contributed by atoms with van der Waals surface area (Å²) in [6.45, 7) is 7.76. The summed E-state index contributed by atoms with van der Waals surface area (Å²) in [6.07, 6.45) is 3.45. The van der Waals surface area contributed by atoms with Gasteiger partial charge in [-0.1, -0.05) is 27.2 Å². The summed E-state index contributed by atoms with van der Waals surface area (Å²) < 4.78 is 0. The lowest BCUT2D eigenvalue weighted by molar-refractivity contribution is -0.136. The Hall–Kier alpha value is -0.570. The minimum Gasteiger partial charge on any atom is -0.341 e. The van der Waals surface area contributed by atoms with Crippen molar-refractivity contribution < 1.29 is 4.79 Å². The predicted octanol–water partition coefficient (Wildman–Crippen LogP) is 1.62. The third-order valence-corrected chi connectivity index (χ3v) is 3.07. The Morgan fingerprint density at radius 1 is 1.47 bits per heavy atom. The maximum atomic E-state index is 11.9. The average molecular weight is 212 g/mol. The fourth-order valence-corrected chi connectivity index (χ4v) is 2.41. The van der Waals surface area contributed by atoms with Crippen molar-refractivity contribution in [3.05, 3.63) is 0 Å². The molecule has 1 aliphatic heterocycles. The molecule has 1 aliphatic rings. The van der Waals surface area contributed by atoms with Crippen molar-refractivity contribution in [1.82, 2.24) is 4.90 Å². The molecule has 2 N–H and O–H groups in total. The molecule has 0 aromatic carbocycles. The second-order valence-electron chi connectivity index (χ2n) is 5.05.